The topological polar surface area (TPSA) is 67.6 Å². The number of ether oxygens (including phenoxy) is 1. The molecular formula is C14H23N3O2S. The summed E-state index contributed by atoms with van der Waals surface area (Å²) in [6.07, 6.45) is 0.660. The van der Waals surface area contributed by atoms with E-state index >= 15 is 0 Å². The first-order chi connectivity index (χ1) is 9.72. The van der Waals surface area contributed by atoms with Crippen LogP contribution < -0.4 is 11.1 Å². The van der Waals surface area contributed by atoms with E-state index in [0.717, 1.165) is 26.3 Å². The normalized spacial score (nSPS) is 19.5. The molecule has 112 valence electrons. The lowest BCUT2D eigenvalue weighted by molar-refractivity contribution is -0.122. The molecule has 1 aromatic rings. The zero-order valence-electron chi connectivity index (χ0n) is 11.9. The van der Waals surface area contributed by atoms with Crippen LogP contribution in [0, 0.1) is 0 Å². The number of thiophene rings is 1. The minimum Gasteiger partial charge on any atom is -0.379 e. The van der Waals surface area contributed by atoms with Crippen LogP contribution >= 0.6 is 11.3 Å². The summed E-state index contributed by atoms with van der Waals surface area (Å²) in [5, 5.41) is 5.05. The lowest BCUT2D eigenvalue weighted by atomic mass is 10.1. The Kier molecular flexibility index (Phi) is 5.97. The molecule has 1 amide bonds. The first-order valence-corrected chi connectivity index (χ1v) is 7.98. The predicted octanol–water partition coefficient (Wildman–Crippen LogP) is 0.975. The summed E-state index contributed by atoms with van der Waals surface area (Å²) in [5.74, 6) is -0.0673. The van der Waals surface area contributed by atoms with E-state index in [0.29, 0.717) is 13.0 Å². The van der Waals surface area contributed by atoms with E-state index in [1.165, 1.54) is 4.88 Å². The van der Waals surface area contributed by atoms with Crippen molar-refractivity contribution in [2.75, 3.05) is 32.8 Å². The van der Waals surface area contributed by atoms with Crippen molar-refractivity contribution in [3.05, 3.63) is 22.4 Å². The molecule has 6 heteroatoms. The third kappa shape index (κ3) is 4.02. The molecule has 0 radical (unpaired) electrons. The second-order valence-corrected chi connectivity index (χ2v) is 5.92. The highest BCUT2D eigenvalue weighted by Gasteiger charge is 2.24. The number of hydrogen-bond donors (Lipinski definition) is 2. The maximum Gasteiger partial charge on any atom is 0.236 e. The van der Waals surface area contributed by atoms with Crippen molar-refractivity contribution in [3.8, 4) is 0 Å². The van der Waals surface area contributed by atoms with Gasteiger partial charge in [-0.25, -0.2) is 0 Å². The Bertz CT molecular complexity index is 405. The van der Waals surface area contributed by atoms with Crippen LogP contribution in [0.1, 0.15) is 24.3 Å². The number of morpholine rings is 1. The fraction of sp³-hybridized carbons (Fsp3) is 0.643. The molecule has 5 nitrogen and oxygen atoms in total. The van der Waals surface area contributed by atoms with Gasteiger partial charge < -0.3 is 15.8 Å². The van der Waals surface area contributed by atoms with E-state index in [-0.39, 0.29) is 11.9 Å². The summed E-state index contributed by atoms with van der Waals surface area (Å²) in [6.45, 7) is 5.83. The third-order valence-corrected chi connectivity index (χ3v) is 4.58. The average Bonchev–Trinajstić information content (AvgIpc) is 3.01. The number of nitrogens with zero attached hydrogens (tertiary/aromatic N) is 1. The Morgan fingerprint density at radius 2 is 2.30 bits per heavy atom. The van der Waals surface area contributed by atoms with E-state index in [9.17, 15) is 4.79 Å². The van der Waals surface area contributed by atoms with E-state index < -0.39 is 6.04 Å². The van der Waals surface area contributed by atoms with Gasteiger partial charge in [0.15, 0.2) is 0 Å². The van der Waals surface area contributed by atoms with Crippen LogP contribution in [0.2, 0.25) is 0 Å². The number of nitrogens with one attached hydrogen (secondary N) is 1. The molecule has 1 aliphatic heterocycles. The first kappa shape index (κ1) is 15.4. The largest absolute Gasteiger partial charge is 0.379 e. The van der Waals surface area contributed by atoms with Crippen LogP contribution in [-0.2, 0) is 9.53 Å². The summed E-state index contributed by atoms with van der Waals surface area (Å²) in [5.41, 5.74) is 5.76. The molecule has 20 heavy (non-hydrogen) atoms. The maximum absolute atomic E-state index is 11.9. The Hall–Kier alpha value is -0.950. The molecule has 2 atom stereocenters. The summed E-state index contributed by atoms with van der Waals surface area (Å²) >= 11 is 1.73. The molecule has 1 aromatic heterocycles. The number of carbonyl (C=O) groups is 1. The van der Waals surface area contributed by atoms with Gasteiger partial charge in [0.2, 0.25) is 5.91 Å². The van der Waals surface area contributed by atoms with Gasteiger partial charge in [-0.1, -0.05) is 13.0 Å². The van der Waals surface area contributed by atoms with Gasteiger partial charge in [0, 0.05) is 24.5 Å². The molecule has 0 aliphatic carbocycles. The minimum absolute atomic E-state index is 0.0673. The van der Waals surface area contributed by atoms with Crippen molar-refractivity contribution in [2.24, 2.45) is 5.73 Å². The molecule has 0 spiro atoms. The second-order valence-electron chi connectivity index (χ2n) is 4.94. The molecule has 2 rings (SSSR count). The quantitative estimate of drug-likeness (QED) is 0.821. The number of hydrogen-bond acceptors (Lipinski definition) is 5. The van der Waals surface area contributed by atoms with E-state index in [1.54, 1.807) is 11.3 Å². The molecule has 3 N–H and O–H groups in total. The average molecular weight is 297 g/mol. The summed E-state index contributed by atoms with van der Waals surface area (Å²) in [6, 6.07) is 3.97. The van der Waals surface area contributed by atoms with Crippen LogP contribution in [-0.4, -0.2) is 49.7 Å². The Morgan fingerprint density at radius 3 is 2.90 bits per heavy atom. The standard InChI is InChI=1S/C14H23N3O2S/c1-2-11(15)14(18)16-10-12(13-4-3-9-20-13)17-5-7-19-8-6-17/h3-4,9,11-12H,2,5-8,10,15H2,1H3,(H,16,18)/t11-,12?/m0/s1. The van der Waals surface area contributed by atoms with E-state index in [4.69, 9.17) is 10.5 Å². The molecule has 1 fully saturated rings. The lowest BCUT2D eigenvalue weighted by Gasteiger charge is -2.34. The predicted molar refractivity (Wildman–Crippen MR) is 80.7 cm³/mol. The summed E-state index contributed by atoms with van der Waals surface area (Å²) in [7, 11) is 0. The molecule has 0 saturated carbocycles. The van der Waals surface area contributed by atoms with Crippen molar-refractivity contribution < 1.29 is 9.53 Å². The van der Waals surface area contributed by atoms with Crippen molar-refractivity contribution in [1.82, 2.24) is 10.2 Å². The summed E-state index contributed by atoms with van der Waals surface area (Å²) < 4.78 is 5.40. The second kappa shape index (κ2) is 7.73. The van der Waals surface area contributed by atoms with Crippen LogP contribution in [0.3, 0.4) is 0 Å². The highest BCUT2D eigenvalue weighted by Crippen LogP contribution is 2.25. The maximum atomic E-state index is 11.9. The van der Waals surface area contributed by atoms with Gasteiger partial charge in [-0.2, -0.15) is 0 Å². The minimum atomic E-state index is -0.413. The Labute approximate surface area is 124 Å². The van der Waals surface area contributed by atoms with E-state index in [2.05, 4.69) is 21.7 Å². The smallest absolute Gasteiger partial charge is 0.236 e. The van der Waals surface area contributed by atoms with Gasteiger partial charge in [-0.15, -0.1) is 11.3 Å². The Morgan fingerprint density at radius 1 is 1.55 bits per heavy atom. The van der Waals surface area contributed by atoms with Crippen LogP contribution in [0.15, 0.2) is 17.5 Å². The molecular weight excluding hydrogens is 274 g/mol. The van der Waals surface area contributed by atoms with Crippen molar-refractivity contribution in [2.45, 2.75) is 25.4 Å². The Balaban J connectivity index is 1.98. The highest BCUT2D eigenvalue weighted by atomic mass is 32.1. The monoisotopic (exact) mass is 297 g/mol. The van der Waals surface area contributed by atoms with Gasteiger partial charge >= 0.3 is 0 Å². The SMILES string of the molecule is CC[C@H](N)C(=O)NCC(c1cccs1)N1CCOCC1. The number of carbonyl (C=O) groups excluding carboxylic acids is 1. The van der Waals surface area contributed by atoms with Crippen LogP contribution in [0.4, 0.5) is 0 Å². The fourth-order valence-electron chi connectivity index (χ4n) is 2.29. The van der Waals surface area contributed by atoms with Crippen molar-refractivity contribution in [1.29, 1.82) is 0 Å². The lowest BCUT2D eigenvalue weighted by Crippen LogP contribution is -2.46. The van der Waals surface area contributed by atoms with Crippen molar-refractivity contribution >= 4 is 17.2 Å². The number of nitrogens with two attached hydrogens (primary N) is 1. The number of rotatable bonds is 6. The molecule has 1 unspecified atom stereocenters. The zero-order valence-corrected chi connectivity index (χ0v) is 12.7. The van der Waals surface area contributed by atoms with Gasteiger partial charge in [-0.3, -0.25) is 9.69 Å². The van der Waals surface area contributed by atoms with E-state index in [1.807, 2.05) is 13.0 Å². The zero-order chi connectivity index (χ0) is 14.4. The van der Waals surface area contributed by atoms with Gasteiger partial charge in [0.1, 0.15) is 0 Å². The van der Waals surface area contributed by atoms with Gasteiger partial charge in [-0.05, 0) is 17.9 Å². The first-order valence-electron chi connectivity index (χ1n) is 7.11. The van der Waals surface area contributed by atoms with Gasteiger partial charge in [0.25, 0.3) is 0 Å². The molecule has 1 saturated heterocycles. The van der Waals surface area contributed by atoms with Gasteiger partial charge in [0.05, 0.1) is 25.3 Å². The number of amides is 1. The van der Waals surface area contributed by atoms with Crippen molar-refractivity contribution in [3.63, 3.8) is 0 Å². The molecule has 0 bridgehead atoms. The molecule has 2 heterocycles. The molecule has 1 aliphatic rings. The van der Waals surface area contributed by atoms with Crippen LogP contribution in [0.5, 0.6) is 0 Å². The highest BCUT2D eigenvalue weighted by molar-refractivity contribution is 7.10. The van der Waals surface area contributed by atoms with Crippen LogP contribution in [0.25, 0.3) is 0 Å². The fourth-order valence-corrected chi connectivity index (χ4v) is 3.15. The third-order valence-electron chi connectivity index (χ3n) is 3.60. The molecule has 0 aromatic carbocycles. The summed E-state index contributed by atoms with van der Waals surface area (Å²) in [4.78, 5) is 15.5.